The van der Waals surface area contributed by atoms with E-state index >= 15 is 0 Å². The Bertz CT molecular complexity index is 877. The Labute approximate surface area is 184 Å². The summed E-state index contributed by atoms with van der Waals surface area (Å²) in [6, 6.07) is 9.78. The van der Waals surface area contributed by atoms with E-state index < -0.39 is 0 Å². The Balaban J connectivity index is 0.00000261. The van der Waals surface area contributed by atoms with E-state index in [4.69, 9.17) is 39.9 Å². The van der Waals surface area contributed by atoms with Gasteiger partial charge in [-0.1, -0.05) is 35.0 Å². The number of hydrogen-bond acceptors (Lipinski definition) is 3. The zero-order valence-electron chi connectivity index (χ0n) is 14.8. The van der Waals surface area contributed by atoms with Gasteiger partial charge in [0.05, 0.1) is 11.6 Å². The highest BCUT2D eigenvalue weighted by Gasteiger charge is 2.20. The lowest BCUT2D eigenvalue weighted by molar-refractivity contribution is 0.489. The number of hydrogen-bond donors (Lipinski definition) is 0. The first kappa shape index (κ1) is 22.4. The van der Waals surface area contributed by atoms with Gasteiger partial charge in [-0.15, -0.1) is 24.0 Å². The van der Waals surface area contributed by atoms with Crippen molar-refractivity contribution < 1.29 is 0 Å². The second kappa shape index (κ2) is 10.0. The van der Waals surface area contributed by atoms with Gasteiger partial charge in [-0.2, -0.15) is 5.10 Å². The smallest absolute Gasteiger partial charge is 0.103 e. The van der Waals surface area contributed by atoms with Crippen molar-refractivity contribution in [2.24, 2.45) is 0 Å². The molecular formula is C19H19Cl4N3S. The highest BCUT2D eigenvalue weighted by Crippen LogP contribution is 2.37. The molecule has 2 aromatic heterocycles. The van der Waals surface area contributed by atoms with Crippen LogP contribution in [0.5, 0.6) is 0 Å². The van der Waals surface area contributed by atoms with Crippen LogP contribution in [0.25, 0.3) is 0 Å². The van der Waals surface area contributed by atoms with Crippen LogP contribution < -0.4 is 0 Å². The standard InChI is InChI=1S/C19H18Cl3N3S.ClH/c1-12(2)25-19(26-16-9-14(21)8-15(22)10-16)17(18(11-20)24-25)7-13-3-5-23-6-4-13;/h3-6,8-10,12H,7,11H2,1-2H3;1H. The number of rotatable bonds is 6. The summed E-state index contributed by atoms with van der Waals surface area (Å²) in [5, 5.41) is 7.04. The topological polar surface area (TPSA) is 30.7 Å². The van der Waals surface area contributed by atoms with Crippen LogP contribution in [0.2, 0.25) is 10.0 Å². The van der Waals surface area contributed by atoms with Gasteiger partial charge in [-0.05, 0) is 49.7 Å². The van der Waals surface area contributed by atoms with Crippen molar-refractivity contribution >= 4 is 59.0 Å². The largest absolute Gasteiger partial charge is 0.265 e. The van der Waals surface area contributed by atoms with Crippen LogP contribution in [-0.4, -0.2) is 14.8 Å². The Morgan fingerprint density at radius 3 is 2.26 bits per heavy atom. The second-order valence-electron chi connectivity index (χ2n) is 6.14. The molecule has 0 N–H and O–H groups in total. The lowest BCUT2D eigenvalue weighted by Gasteiger charge is -2.13. The van der Waals surface area contributed by atoms with Gasteiger partial charge < -0.3 is 0 Å². The van der Waals surface area contributed by atoms with Gasteiger partial charge in [0.25, 0.3) is 0 Å². The third kappa shape index (κ3) is 5.55. The van der Waals surface area contributed by atoms with Gasteiger partial charge in [0.2, 0.25) is 0 Å². The number of alkyl halides is 1. The molecular weight excluding hydrogens is 444 g/mol. The van der Waals surface area contributed by atoms with Crippen LogP contribution in [0.3, 0.4) is 0 Å². The summed E-state index contributed by atoms with van der Waals surface area (Å²) in [6.07, 6.45) is 4.34. The van der Waals surface area contributed by atoms with Crippen molar-refractivity contribution in [1.82, 2.24) is 14.8 Å². The fraction of sp³-hybridized carbons (Fsp3) is 0.263. The molecule has 0 bridgehead atoms. The minimum atomic E-state index is 0. The summed E-state index contributed by atoms with van der Waals surface area (Å²) in [7, 11) is 0. The predicted molar refractivity (Wildman–Crippen MR) is 117 cm³/mol. The summed E-state index contributed by atoms with van der Waals surface area (Å²) in [4.78, 5) is 5.06. The van der Waals surface area contributed by atoms with E-state index in [1.807, 2.05) is 28.9 Å². The summed E-state index contributed by atoms with van der Waals surface area (Å²) in [5.41, 5.74) is 3.19. The van der Waals surface area contributed by atoms with E-state index in [2.05, 4.69) is 18.8 Å². The first-order valence-corrected chi connectivity index (χ1v) is 10.3. The fourth-order valence-corrected chi connectivity index (χ4v) is 4.77. The molecule has 0 aliphatic carbocycles. The van der Waals surface area contributed by atoms with E-state index in [9.17, 15) is 0 Å². The summed E-state index contributed by atoms with van der Waals surface area (Å²) in [5.74, 6) is 0.365. The molecule has 0 saturated carbocycles. The highest BCUT2D eigenvalue weighted by molar-refractivity contribution is 7.99. The van der Waals surface area contributed by atoms with Crippen molar-refractivity contribution in [2.75, 3.05) is 0 Å². The van der Waals surface area contributed by atoms with Crippen LogP contribution in [0, 0.1) is 0 Å². The molecule has 0 unspecified atom stereocenters. The van der Waals surface area contributed by atoms with Crippen LogP contribution in [0.1, 0.15) is 36.7 Å². The van der Waals surface area contributed by atoms with Crippen molar-refractivity contribution in [3.05, 3.63) is 69.6 Å². The number of benzene rings is 1. The van der Waals surface area contributed by atoms with Crippen LogP contribution >= 0.6 is 59.0 Å². The fourth-order valence-electron chi connectivity index (χ4n) is 2.64. The van der Waals surface area contributed by atoms with E-state index in [1.54, 1.807) is 30.2 Å². The minimum absolute atomic E-state index is 0. The van der Waals surface area contributed by atoms with Gasteiger partial charge in [0.15, 0.2) is 0 Å². The minimum Gasteiger partial charge on any atom is -0.265 e. The van der Waals surface area contributed by atoms with E-state index in [0.717, 1.165) is 27.6 Å². The van der Waals surface area contributed by atoms with Crippen molar-refractivity contribution in [3.8, 4) is 0 Å². The SMILES string of the molecule is CC(C)n1nc(CCl)c(Cc2ccncc2)c1Sc1cc(Cl)cc(Cl)c1.Cl. The molecule has 8 heteroatoms. The third-order valence-electron chi connectivity index (χ3n) is 3.84. The molecule has 3 aromatic rings. The lowest BCUT2D eigenvalue weighted by atomic mass is 10.1. The monoisotopic (exact) mass is 461 g/mol. The van der Waals surface area contributed by atoms with Gasteiger partial charge >= 0.3 is 0 Å². The maximum atomic E-state index is 6.20. The molecule has 0 radical (unpaired) electrons. The second-order valence-corrected chi connectivity index (χ2v) is 8.34. The zero-order chi connectivity index (χ0) is 18.7. The van der Waals surface area contributed by atoms with Gasteiger partial charge in [-0.25, -0.2) is 0 Å². The Hall–Kier alpha value is -0.910. The Morgan fingerprint density at radius 2 is 1.70 bits per heavy atom. The normalized spacial score (nSPS) is 10.9. The van der Waals surface area contributed by atoms with Gasteiger partial charge in [0.1, 0.15) is 5.03 Å². The molecule has 0 spiro atoms. The number of nitrogens with zero attached hydrogens (tertiary/aromatic N) is 3. The third-order valence-corrected chi connectivity index (χ3v) is 5.63. The zero-order valence-corrected chi connectivity index (χ0v) is 18.7. The molecule has 0 aliphatic heterocycles. The molecule has 3 nitrogen and oxygen atoms in total. The van der Waals surface area contributed by atoms with Crippen molar-refractivity contribution in [3.63, 3.8) is 0 Å². The average molecular weight is 463 g/mol. The molecule has 0 saturated heterocycles. The molecule has 1 aromatic carbocycles. The number of pyridine rings is 1. The molecule has 0 fully saturated rings. The van der Waals surface area contributed by atoms with Gasteiger partial charge in [-0.3, -0.25) is 9.67 Å². The summed E-state index contributed by atoms with van der Waals surface area (Å²) < 4.78 is 2.02. The first-order valence-electron chi connectivity index (χ1n) is 8.17. The maximum absolute atomic E-state index is 6.20. The van der Waals surface area contributed by atoms with Crippen molar-refractivity contribution in [1.29, 1.82) is 0 Å². The highest BCUT2D eigenvalue weighted by atomic mass is 35.5. The van der Waals surface area contributed by atoms with E-state index in [1.165, 1.54) is 5.56 Å². The van der Waals surface area contributed by atoms with Gasteiger partial charge in [0, 0.05) is 45.4 Å². The first-order chi connectivity index (χ1) is 12.5. The van der Waals surface area contributed by atoms with Crippen LogP contribution in [0.15, 0.2) is 52.6 Å². The van der Waals surface area contributed by atoms with Crippen molar-refractivity contribution in [2.45, 2.75) is 42.1 Å². The summed E-state index contributed by atoms with van der Waals surface area (Å²) >= 11 is 20.2. The molecule has 144 valence electrons. The molecule has 27 heavy (non-hydrogen) atoms. The molecule has 3 rings (SSSR count). The lowest BCUT2D eigenvalue weighted by Crippen LogP contribution is -2.05. The molecule has 0 amide bonds. The number of halogens is 4. The predicted octanol–water partition coefficient (Wildman–Crippen LogP) is 7.07. The van der Waals surface area contributed by atoms with E-state index in [-0.39, 0.29) is 18.4 Å². The Kier molecular flexibility index (Phi) is 8.32. The Morgan fingerprint density at radius 1 is 1.07 bits per heavy atom. The van der Waals surface area contributed by atoms with Crippen LogP contribution in [-0.2, 0) is 12.3 Å². The van der Waals surface area contributed by atoms with Crippen LogP contribution in [0.4, 0.5) is 0 Å². The molecule has 2 heterocycles. The molecule has 0 atom stereocenters. The van der Waals surface area contributed by atoms with E-state index in [0.29, 0.717) is 15.9 Å². The molecule has 0 aliphatic rings. The number of aromatic nitrogens is 3. The average Bonchev–Trinajstić information content (AvgIpc) is 2.93. The quantitative estimate of drug-likeness (QED) is 0.367. The maximum Gasteiger partial charge on any atom is 0.103 e. The summed E-state index contributed by atoms with van der Waals surface area (Å²) in [6.45, 7) is 4.21.